The monoisotopic (exact) mass is 459 g/mol. The highest BCUT2D eigenvalue weighted by Crippen LogP contribution is 2.31. The molecule has 2 bridgehead atoms. The van der Waals surface area contributed by atoms with Crippen LogP contribution in [0.4, 0.5) is 5.69 Å². The molecule has 0 radical (unpaired) electrons. The number of carbonyl (C=O) groups excluding carboxylic acids is 1. The van der Waals surface area contributed by atoms with Crippen molar-refractivity contribution < 1.29 is 9.53 Å². The molecule has 2 aliphatic heterocycles. The van der Waals surface area contributed by atoms with Gasteiger partial charge in [-0.1, -0.05) is 48.0 Å². The summed E-state index contributed by atoms with van der Waals surface area (Å²) in [5, 5.41) is 8.87. The number of nitrogen functional groups attached to an aromatic ring is 1. The fourth-order valence-corrected chi connectivity index (χ4v) is 5.20. The molecule has 3 N–H and O–H groups in total. The molecular weight excluding hydrogens is 426 g/mol. The van der Waals surface area contributed by atoms with Gasteiger partial charge in [0.2, 0.25) is 0 Å². The van der Waals surface area contributed by atoms with Crippen molar-refractivity contribution in [2.24, 2.45) is 0 Å². The van der Waals surface area contributed by atoms with E-state index >= 15 is 0 Å². The Balaban J connectivity index is 1.31. The number of hydrogen-bond donors (Lipinski definition) is 2. The molecule has 2 atom stereocenters. The van der Waals surface area contributed by atoms with E-state index in [4.69, 9.17) is 15.6 Å². The van der Waals surface area contributed by atoms with Crippen molar-refractivity contribution in [3.63, 3.8) is 0 Å². The summed E-state index contributed by atoms with van der Waals surface area (Å²) in [6.45, 7) is 6.95. The number of allylic oxidation sites excluding steroid dienone is 2. The average Bonchev–Trinajstić information content (AvgIpc) is 3.18. The van der Waals surface area contributed by atoms with Crippen molar-refractivity contribution in [2.45, 2.75) is 57.9 Å². The first-order chi connectivity index (χ1) is 16.5. The highest BCUT2D eigenvalue weighted by atomic mass is 16.5. The van der Waals surface area contributed by atoms with Crippen LogP contribution in [0.3, 0.4) is 0 Å². The number of nitrogens with one attached hydrogen (secondary N) is 1. The minimum atomic E-state index is -0.100. The van der Waals surface area contributed by atoms with Crippen molar-refractivity contribution in [2.75, 3.05) is 18.9 Å². The van der Waals surface area contributed by atoms with Crippen LogP contribution in [0.25, 0.3) is 10.9 Å². The molecule has 0 spiro atoms. The Hall–Kier alpha value is -3.16. The second kappa shape index (κ2) is 9.60. The third kappa shape index (κ3) is 4.58. The van der Waals surface area contributed by atoms with Gasteiger partial charge in [-0.15, -0.1) is 0 Å². The highest BCUT2D eigenvalue weighted by molar-refractivity contribution is 6.05. The standard InChI is InChI=1S/C27H33N5O2/c1-18(2)11-12-32-25-10-6-4-8-23(25)26(30-32)27(33)29-20-13-21-16-34-17-22(14-20)31(21)15-19-7-3-5-9-24(19)28/h3-11,20-22H,12-17,28H2,1-2H3,(H,29,33). The van der Waals surface area contributed by atoms with E-state index in [1.54, 1.807) is 0 Å². The first kappa shape index (κ1) is 22.6. The summed E-state index contributed by atoms with van der Waals surface area (Å²) in [4.78, 5) is 15.9. The van der Waals surface area contributed by atoms with Gasteiger partial charge in [-0.2, -0.15) is 5.10 Å². The Labute approximate surface area is 200 Å². The number of carbonyl (C=O) groups is 1. The number of amides is 1. The van der Waals surface area contributed by atoms with Crippen molar-refractivity contribution >= 4 is 22.5 Å². The minimum absolute atomic E-state index is 0.0949. The molecule has 1 aromatic heterocycles. The second-order valence-electron chi connectivity index (χ2n) is 9.69. The summed E-state index contributed by atoms with van der Waals surface area (Å²) in [7, 11) is 0. The number of hydrogen-bond acceptors (Lipinski definition) is 5. The molecular formula is C27H33N5O2. The summed E-state index contributed by atoms with van der Waals surface area (Å²) < 4.78 is 7.78. The lowest BCUT2D eigenvalue weighted by Gasteiger charge is -2.48. The van der Waals surface area contributed by atoms with Crippen LogP contribution in [-0.2, 0) is 17.8 Å². The summed E-state index contributed by atoms with van der Waals surface area (Å²) in [5.74, 6) is -0.100. The normalized spacial score (nSPS) is 22.5. The van der Waals surface area contributed by atoms with E-state index in [0.29, 0.717) is 25.5 Å². The SMILES string of the molecule is CC(C)=CCn1nc(C(=O)NC2CC3COCC(C2)N3Cc2ccccc2N)c2ccccc21. The highest BCUT2D eigenvalue weighted by Gasteiger charge is 2.39. The topological polar surface area (TPSA) is 85.4 Å². The molecule has 7 heteroatoms. The maximum absolute atomic E-state index is 13.4. The maximum atomic E-state index is 13.4. The quantitative estimate of drug-likeness (QED) is 0.433. The molecule has 3 heterocycles. The third-order valence-electron chi connectivity index (χ3n) is 6.96. The molecule has 2 saturated heterocycles. The summed E-state index contributed by atoms with van der Waals surface area (Å²) in [6, 6.07) is 16.6. The summed E-state index contributed by atoms with van der Waals surface area (Å²) >= 11 is 0. The number of anilines is 1. The number of benzene rings is 2. The predicted octanol–water partition coefficient (Wildman–Crippen LogP) is 3.75. The Kier molecular flexibility index (Phi) is 6.39. The minimum Gasteiger partial charge on any atom is -0.398 e. The van der Waals surface area contributed by atoms with Crippen LogP contribution in [0, 0.1) is 0 Å². The number of para-hydroxylation sites is 2. The molecule has 2 aromatic carbocycles. The fourth-order valence-electron chi connectivity index (χ4n) is 5.20. The lowest BCUT2D eigenvalue weighted by molar-refractivity contribution is -0.0842. The second-order valence-corrected chi connectivity index (χ2v) is 9.69. The van der Waals surface area contributed by atoms with Crippen LogP contribution >= 0.6 is 0 Å². The number of rotatable bonds is 6. The van der Waals surface area contributed by atoms with E-state index in [0.717, 1.165) is 41.5 Å². The van der Waals surface area contributed by atoms with Crippen LogP contribution in [0.2, 0.25) is 0 Å². The van der Waals surface area contributed by atoms with Crippen LogP contribution in [0.15, 0.2) is 60.2 Å². The van der Waals surface area contributed by atoms with Crippen LogP contribution in [-0.4, -0.2) is 51.9 Å². The number of piperidine rings is 1. The number of nitrogens with two attached hydrogens (primary N) is 1. The zero-order chi connectivity index (χ0) is 23.7. The molecule has 0 aliphatic carbocycles. The van der Waals surface area contributed by atoms with E-state index < -0.39 is 0 Å². The molecule has 7 nitrogen and oxygen atoms in total. The van der Waals surface area contributed by atoms with Gasteiger partial charge in [-0.05, 0) is 44.4 Å². The zero-order valence-electron chi connectivity index (χ0n) is 19.9. The molecule has 2 fully saturated rings. The molecule has 178 valence electrons. The van der Waals surface area contributed by atoms with Gasteiger partial charge >= 0.3 is 0 Å². The third-order valence-corrected chi connectivity index (χ3v) is 6.96. The zero-order valence-corrected chi connectivity index (χ0v) is 19.9. The first-order valence-electron chi connectivity index (χ1n) is 12.1. The molecule has 34 heavy (non-hydrogen) atoms. The number of morpholine rings is 1. The molecule has 2 aliphatic rings. The van der Waals surface area contributed by atoms with Gasteiger partial charge in [-0.25, -0.2) is 0 Å². The van der Waals surface area contributed by atoms with E-state index in [1.165, 1.54) is 5.57 Å². The van der Waals surface area contributed by atoms with Gasteiger partial charge in [0.05, 0.1) is 25.3 Å². The molecule has 1 amide bonds. The maximum Gasteiger partial charge on any atom is 0.272 e. The van der Waals surface area contributed by atoms with E-state index in [2.05, 4.69) is 36.2 Å². The van der Waals surface area contributed by atoms with Crippen LogP contribution < -0.4 is 11.1 Å². The fraction of sp³-hybridized carbons (Fsp3) is 0.407. The largest absolute Gasteiger partial charge is 0.398 e. The van der Waals surface area contributed by atoms with E-state index in [-0.39, 0.29) is 24.0 Å². The van der Waals surface area contributed by atoms with Crippen LogP contribution in [0.5, 0.6) is 0 Å². The summed E-state index contributed by atoms with van der Waals surface area (Å²) in [5.41, 5.74) is 10.9. The van der Waals surface area contributed by atoms with E-state index in [9.17, 15) is 4.79 Å². The van der Waals surface area contributed by atoms with Crippen molar-refractivity contribution in [3.8, 4) is 0 Å². The number of nitrogens with zero attached hydrogens (tertiary/aromatic N) is 3. The van der Waals surface area contributed by atoms with Gasteiger partial charge in [0.1, 0.15) is 0 Å². The Morgan fingerprint density at radius 2 is 1.82 bits per heavy atom. The predicted molar refractivity (Wildman–Crippen MR) is 134 cm³/mol. The first-order valence-corrected chi connectivity index (χ1v) is 12.1. The lowest BCUT2D eigenvalue weighted by atomic mass is 9.89. The van der Waals surface area contributed by atoms with Crippen molar-refractivity contribution in [3.05, 3.63) is 71.4 Å². The Morgan fingerprint density at radius 3 is 2.56 bits per heavy atom. The van der Waals surface area contributed by atoms with Crippen molar-refractivity contribution in [1.82, 2.24) is 20.0 Å². The van der Waals surface area contributed by atoms with Gasteiger partial charge < -0.3 is 15.8 Å². The molecule has 5 rings (SSSR count). The van der Waals surface area contributed by atoms with Gasteiger partial charge in [0.15, 0.2) is 5.69 Å². The Bertz CT molecular complexity index is 1200. The number of aromatic nitrogens is 2. The molecule has 0 saturated carbocycles. The van der Waals surface area contributed by atoms with Crippen LogP contribution in [0.1, 0.15) is 42.7 Å². The molecule has 2 unspecified atom stereocenters. The van der Waals surface area contributed by atoms with Gasteiger partial charge in [0, 0.05) is 35.7 Å². The average molecular weight is 460 g/mol. The van der Waals surface area contributed by atoms with Gasteiger partial charge in [-0.3, -0.25) is 14.4 Å². The number of ether oxygens (including phenoxy) is 1. The Morgan fingerprint density at radius 1 is 1.12 bits per heavy atom. The van der Waals surface area contributed by atoms with E-state index in [1.807, 2.05) is 47.1 Å². The molecule has 3 aromatic rings. The van der Waals surface area contributed by atoms with Crippen molar-refractivity contribution in [1.29, 1.82) is 0 Å². The number of fused-ring (bicyclic) bond motifs is 3. The van der Waals surface area contributed by atoms with Gasteiger partial charge in [0.25, 0.3) is 5.91 Å². The summed E-state index contributed by atoms with van der Waals surface area (Å²) in [6.07, 6.45) is 3.83. The smallest absolute Gasteiger partial charge is 0.272 e. The lowest BCUT2D eigenvalue weighted by Crippen LogP contribution is -2.60.